The third-order valence-electron chi connectivity index (χ3n) is 7.31. The molecule has 34 heavy (non-hydrogen) atoms. The molecule has 0 radical (unpaired) electrons. The lowest BCUT2D eigenvalue weighted by Crippen LogP contribution is -2.45. The van der Waals surface area contributed by atoms with Crippen molar-refractivity contribution in [1.82, 2.24) is 0 Å². The van der Waals surface area contributed by atoms with E-state index in [9.17, 15) is 14.7 Å². The van der Waals surface area contributed by atoms with Crippen molar-refractivity contribution in [3.05, 3.63) is 11.6 Å². The lowest BCUT2D eigenvalue weighted by molar-refractivity contribution is -0.138. The molecule has 0 aromatic heterocycles. The van der Waals surface area contributed by atoms with E-state index in [2.05, 4.69) is 19.9 Å². The van der Waals surface area contributed by atoms with Crippen molar-refractivity contribution in [3.8, 4) is 0 Å². The van der Waals surface area contributed by atoms with Gasteiger partial charge in [0.05, 0.1) is 24.2 Å². The molecule has 0 spiro atoms. The number of rotatable bonds is 19. The molecular weight excluding hydrogens is 448 g/mol. The molecule has 0 unspecified atom stereocenters. The molecule has 1 rings (SSSR count). The van der Waals surface area contributed by atoms with Crippen molar-refractivity contribution in [2.45, 2.75) is 134 Å². The topological polar surface area (TPSA) is 83.8 Å². The molecule has 0 heterocycles. The number of hydrogen-bond acceptors (Lipinski definition) is 5. The van der Waals surface area contributed by atoms with E-state index in [-0.39, 0.29) is 28.8 Å². The molecule has 3 atom stereocenters. The molecule has 5 nitrogen and oxygen atoms in total. The summed E-state index contributed by atoms with van der Waals surface area (Å²) in [6.45, 7) is 4.32. The first kappa shape index (κ1) is 31.0. The van der Waals surface area contributed by atoms with Crippen molar-refractivity contribution in [1.29, 1.82) is 0 Å². The second kappa shape index (κ2) is 18.3. The van der Waals surface area contributed by atoms with Gasteiger partial charge in [0.2, 0.25) is 0 Å². The van der Waals surface area contributed by atoms with Gasteiger partial charge in [0.15, 0.2) is 0 Å². The Bertz CT molecular complexity index is 606. The number of unbranched alkanes of at least 4 members (excludes halogenated alkanes) is 11. The second-order valence-electron chi connectivity index (χ2n) is 10.3. The van der Waals surface area contributed by atoms with Crippen LogP contribution in [0, 0.1) is 5.41 Å². The van der Waals surface area contributed by atoms with Crippen LogP contribution in [0.15, 0.2) is 11.6 Å². The summed E-state index contributed by atoms with van der Waals surface area (Å²) in [5, 5.41) is 20.1. The smallest absolute Gasteiger partial charge is 0.315 e. The number of carboxylic acid groups (broad SMARTS) is 1. The SMILES string of the molecule is CCCCCCCCCCCCCC=C1CC[C@@](C)(CCCC(=O)O)[C@H](O)[C@H]1SCC(=O)OC. The van der Waals surface area contributed by atoms with Crippen LogP contribution in [-0.4, -0.2) is 46.4 Å². The minimum absolute atomic E-state index is 0.129. The van der Waals surface area contributed by atoms with Crippen LogP contribution in [0.25, 0.3) is 0 Å². The lowest BCUT2D eigenvalue weighted by Gasteiger charge is -2.44. The van der Waals surface area contributed by atoms with Gasteiger partial charge in [-0.3, -0.25) is 9.59 Å². The fourth-order valence-electron chi connectivity index (χ4n) is 4.93. The van der Waals surface area contributed by atoms with Gasteiger partial charge in [0, 0.05) is 6.42 Å². The number of esters is 1. The first-order valence-corrected chi connectivity index (χ1v) is 14.7. The summed E-state index contributed by atoms with van der Waals surface area (Å²) >= 11 is 1.46. The van der Waals surface area contributed by atoms with Crippen LogP contribution in [0.3, 0.4) is 0 Å². The molecule has 1 saturated carbocycles. The number of ether oxygens (including phenoxy) is 1. The largest absolute Gasteiger partial charge is 0.481 e. The molecule has 0 amide bonds. The quantitative estimate of drug-likeness (QED) is 0.110. The normalized spacial score (nSPS) is 23.8. The third kappa shape index (κ3) is 12.6. The van der Waals surface area contributed by atoms with Crippen molar-refractivity contribution in [2.24, 2.45) is 5.41 Å². The van der Waals surface area contributed by atoms with Gasteiger partial charge in [0.25, 0.3) is 0 Å². The van der Waals surface area contributed by atoms with Gasteiger partial charge in [-0.2, -0.15) is 0 Å². The number of carbonyl (C=O) groups is 2. The van der Waals surface area contributed by atoms with Gasteiger partial charge in [-0.25, -0.2) is 0 Å². The highest BCUT2D eigenvalue weighted by molar-refractivity contribution is 8.00. The van der Waals surface area contributed by atoms with Crippen molar-refractivity contribution in [2.75, 3.05) is 12.9 Å². The standard InChI is InChI=1S/C28H50O5S/c1-4-5-6-7-8-9-10-11-12-13-14-15-17-23-19-21-28(2,20-16-18-24(29)30)27(32)26(23)34-22-25(31)33-3/h17,26-27,32H,4-16,18-22H2,1-3H3,(H,29,30)/t26-,27+,28+/m0/s1. The Hall–Kier alpha value is -1.01. The highest BCUT2D eigenvalue weighted by Crippen LogP contribution is 2.46. The Balaban J connectivity index is 2.46. The maximum Gasteiger partial charge on any atom is 0.315 e. The molecule has 1 aliphatic carbocycles. The summed E-state index contributed by atoms with van der Waals surface area (Å²) in [4.78, 5) is 22.7. The zero-order chi connectivity index (χ0) is 25.2. The highest BCUT2D eigenvalue weighted by Gasteiger charge is 2.43. The summed E-state index contributed by atoms with van der Waals surface area (Å²) in [6.07, 6.45) is 20.5. The molecule has 1 aliphatic rings. The van der Waals surface area contributed by atoms with Crippen LogP contribution in [-0.2, 0) is 14.3 Å². The Morgan fingerprint density at radius 3 is 2.18 bits per heavy atom. The summed E-state index contributed by atoms with van der Waals surface area (Å²) in [7, 11) is 1.39. The summed E-state index contributed by atoms with van der Waals surface area (Å²) in [5.74, 6) is -0.850. The van der Waals surface area contributed by atoms with E-state index in [0.717, 1.165) is 19.3 Å². The van der Waals surface area contributed by atoms with Crippen molar-refractivity contribution < 1.29 is 24.5 Å². The van der Waals surface area contributed by atoms with Crippen molar-refractivity contribution in [3.63, 3.8) is 0 Å². The predicted molar refractivity (Wildman–Crippen MR) is 142 cm³/mol. The second-order valence-corrected chi connectivity index (χ2v) is 11.4. The number of carbonyl (C=O) groups excluding carboxylic acids is 1. The Morgan fingerprint density at radius 1 is 1.03 bits per heavy atom. The van der Waals surface area contributed by atoms with Gasteiger partial charge in [-0.1, -0.05) is 89.7 Å². The summed E-state index contributed by atoms with van der Waals surface area (Å²) in [5.41, 5.74) is 0.918. The minimum atomic E-state index is -0.793. The van der Waals surface area contributed by atoms with Crippen LogP contribution in [0.5, 0.6) is 0 Å². The third-order valence-corrected chi connectivity index (χ3v) is 8.63. The summed E-state index contributed by atoms with van der Waals surface area (Å²) in [6, 6.07) is 0. The lowest BCUT2D eigenvalue weighted by atomic mass is 9.68. The Labute approximate surface area is 212 Å². The van der Waals surface area contributed by atoms with Crippen LogP contribution in [0.2, 0.25) is 0 Å². The van der Waals surface area contributed by atoms with E-state index in [4.69, 9.17) is 9.84 Å². The maximum atomic E-state index is 11.7. The zero-order valence-electron chi connectivity index (χ0n) is 22.0. The van der Waals surface area contributed by atoms with Crippen LogP contribution in [0.1, 0.15) is 123 Å². The number of thioether (sulfide) groups is 1. The zero-order valence-corrected chi connectivity index (χ0v) is 22.8. The average molecular weight is 499 g/mol. The molecular formula is C28H50O5S. The van der Waals surface area contributed by atoms with Gasteiger partial charge in [-0.15, -0.1) is 11.8 Å². The van der Waals surface area contributed by atoms with E-state index in [1.54, 1.807) is 0 Å². The van der Waals surface area contributed by atoms with Gasteiger partial charge < -0.3 is 14.9 Å². The molecule has 0 aliphatic heterocycles. The molecule has 0 saturated heterocycles. The molecule has 198 valence electrons. The number of aliphatic carboxylic acids is 1. The van der Waals surface area contributed by atoms with Gasteiger partial charge in [0.1, 0.15) is 0 Å². The van der Waals surface area contributed by atoms with Gasteiger partial charge in [-0.05, 0) is 43.9 Å². The van der Waals surface area contributed by atoms with E-state index >= 15 is 0 Å². The summed E-state index contributed by atoms with van der Waals surface area (Å²) < 4.78 is 4.81. The van der Waals surface area contributed by atoms with E-state index < -0.39 is 12.1 Å². The highest BCUT2D eigenvalue weighted by atomic mass is 32.2. The van der Waals surface area contributed by atoms with Crippen molar-refractivity contribution >= 4 is 23.7 Å². The number of aliphatic hydroxyl groups excluding tert-OH is 1. The molecule has 0 bridgehead atoms. The Kier molecular flexibility index (Phi) is 16.7. The van der Waals surface area contributed by atoms with E-state index in [1.807, 2.05) is 0 Å². The first-order chi connectivity index (χ1) is 16.3. The number of hydrogen-bond donors (Lipinski definition) is 2. The van der Waals surface area contributed by atoms with Crippen LogP contribution in [0.4, 0.5) is 0 Å². The number of aliphatic hydroxyl groups is 1. The first-order valence-electron chi connectivity index (χ1n) is 13.6. The molecule has 0 aromatic carbocycles. The average Bonchev–Trinajstić information content (AvgIpc) is 2.81. The van der Waals surface area contributed by atoms with Crippen LogP contribution >= 0.6 is 11.8 Å². The maximum absolute atomic E-state index is 11.7. The van der Waals surface area contributed by atoms with E-state index in [1.165, 1.54) is 95.1 Å². The van der Waals surface area contributed by atoms with Crippen LogP contribution < -0.4 is 0 Å². The molecule has 2 N–H and O–H groups in total. The molecule has 1 fully saturated rings. The fourth-order valence-corrected chi connectivity index (χ4v) is 6.31. The van der Waals surface area contributed by atoms with E-state index in [0.29, 0.717) is 12.8 Å². The molecule has 6 heteroatoms. The van der Waals surface area contributed by atoms with Gasteiger partial charge >= 0.3 is 11.9 Å². The number of allylic oxidation sites excluding steroid dienone is 1. The predicted octanol–water partition coefficient (Wildman–Crippen LogP) is 7.30. The minimum Gasteiger partial charge on any atom is -0.481 e. The molecule has 0 aromatic rings. The number of methoxy groups -OCH3 is 1. The monoisotopic (exact) mass is 498 g/mol. The Morgan fingerprint density at radius 2 is 1.62 bits per heavy atom. The fraction of sp³-hybridized carbons (Fsp3) is 0.857. The number of carboxylic acids is 1.